The highest BCUT2D eigenvalue weighted by Gasteiger charge is 2.27. The molecule has 88 valence electrons. The summed E-state index contributed by atoms with van der Waals surface area (Å²) in [6.07, 6.45) is 2.40. The van der Waals surface area contributed by atoms with E-state index < -0.39 is 0 Å². The van der Waals surface area contributed by atoms with Crippen LogP contribution in [0.25, 0.3) is 10.9 Å². The van der Waals surface area contributed by atoms with Crippen LogP contribution in [0, 0.1) is 3.70 Å². The van der Waals surface area contributed by atoms with Crippen LogP contribution in [0.4, 0.5) is 0 Å². The molecule has 1 aliphatic rings. The third-order valence-electron chi connectivity index (χ3n) is 2.98. The Morgan fingerprint density at radius 1 is 1.53 bits per heavy atom. The Labute approximate surface area is 112 Å². The number of rotatable bonds is 2. The Bertz CT molecular complexity index is 602. The van der Waals surface area contributed by atoms with E-state index in [0.717, 1.165) is 14.6 Å². The van der Waals surface area contributed by atoms with Crippen LogP contribution in [0.3, 0.4) is 0 Å². The van der Waals surface area contributed by atoms with Crippen molar-refractivity contribution in [3.63, 3.8) is 0 Å². The lowest BCUT2D eigenvalue weighted by Crippen LogP contribution is -2.01. The fraction of sp³-hybridized carbons (Fsp3) is 0.333. The van der Waals surface area contributed by atoms with Gasteiger partial charge in [0.1, 0.15) is 3.70 Å². The number of fused-ring (bicyclic) bond motifs is 1. The molecule has 0 bridgehead atoms. The number of aromatic nitrogens is 2. The number of esters is 1. The molecule has 4 nitrogen and oxygen atoms in total. The van der Waals surface area contributed by atoms with E-state index in [0.29, 0.717) is 11.6 Å². The van der Waals surface area contributed by atoms with E-state index >= 15 is 0 Å². The molecule has 0 aliphatic heterocycles. The maximum absolute atomic E-state index is 11.5. The number of nitrogens with zero attached hydrogens (tertiary/aromatic N) is 2. The summed E-state index contributed by atoms with van der Waals surface area (Å²) in [7, 11) is 1.39. The van der Waals surface area contributed by atoms with Crippen molar-refractivity contribution in [3.05, 3.63) is 27.5 Å². The quantitative estimate of drug-likeness (QED) is 0.623. The van der Waals surface area contributed by atoms with Crippen molar-refractivity contribution in [2.24, 2.45) is 0 Å². The van der Waals surface area contributed by atoms with Gasteiger partial charge >= 0.3 is 5.97 Å². The molecule has 0 atom stereocenters. The highest BCUT2D eigenvalue weighted by molar-refractivity contribution is 14.1. The largest absolute Gasteiger partial charge is 0.465 e. The molecular weight excluding hydrogens is 331 g/mol. The fourth-order valence-electron chi connectivity index (χ4n) is 1.95. The van der Waals surface area contributed by atoms with Crippen molar-refractivity contribution < 1.29 is 9.53 Å². The topological polar surface area (TPSA) is 44.1 Å². The average Bonchev–Trinajstić information content (AvgIpc) is 3.14. The molecule has 3 rings (SSSR count). The molecule has 0 spiro atoms. The monoisotopic (exact) mass is 342 g/mol. The molecule has 2 aromatic rings. The molecule has 1 aromatic heterocycles. The van der Waals surface area contributed by atoms with E-state index in [9.17, 15) is 4.79 Å². The summed E-state index contributed by atoms with van der Waals surface area (Å²) in [6.45, 7) is 0. The first-order valence-corrected chi connectivity index (χ1v) is 6.54. The molecule has 0 N–H and O–H groups in total. The first-order valence-electron chi connectivity index (χ1n) is 5.47. The molecule has 1 aliphatic carbocycles. The second-order valence-electron chi connectivity index (χ2n) is 4.19. The standard InChI is InChI=1S/C12H11IN2O2/c1-17-12(16)7-2-5-10-9(6-7)11(13)14-15(10)8-3-4-8/h2,5-6,8H,3-4H2,1H3. The van der Waals surface area contributed by atoms with Crippen molar-refractivity contribution in [3.8, 4) is 0 Å². The van der Waals surface area contributed by atoms with Gasteiger partial charge in [-0.05, 0) is 53.6 Å². The summed E-state index contributed by atoms with van der Waals surface area (Å²) in [5.74, 6) is -0.304. The van der Waals surface area contributed by atoms with Gasteiger partial charge < -0.3 is 4.74 Å². The fourth-order valence-corrected chi connectivity index (χ4v) is 2.61. The van der Waals surface area contributed by atoms with Crippen LogP contribution < -0.4 is 0 Å². The number of carbonyl (C=O) groups is 1. The predicted octanol–water partition coefficient (Wildman–Crippen LogP) is 2.76. The maximum atomic E-state index is 11.5. The predicted molar refractivity (Wildman–Crippen MR) is 72.1 cm³/mol. The molecule has 1 saturated carbocycles. The van der Waals surface area contributed by atoms with Crippen molar-refractivity contribution >= 4 is 39.5 Å². The molecule has 0 amide bonds. The molecule has 17 heavy (non-hydrogen) atoms. The third kappa shape index (κ3) is 1.82. The van der Waals surface area contributed by atoms with Crippen molar-refractivity contribution in [2.45, 2.75) is 18.9 Å². The highest BCUT2D eigenvalue weighted by Crippen LogP contribution is 2.37. The third-order valence-corrected chi connectivity index (χ3v) is 3.77. The lowest BCUT2D eigenvalue weighted by molar-refractivity contribution is 0.0601. The van der Waals surface area contributed by atoms with Gasteiger partial charge in [-0.2, -0.15) is 5.10 Å². The minimum atomic E-state index is -0.304. The SMILES string of the molecule is COC(=O)c1ccc2c(c1)c(I)nn2C1CC1. The zero-order valence-corrected chi connectivity index (χ0v) is 11.5. The van der Waals surface area contributed by atoms with Gasteiger partial charge in [0.15, 0.2) is 0 Å². The van der Waals surface area contributed by atoms with Gasteiger partial charge in [-0.15, -0.1) is 0 Å². The lowest BCUT2D eigenvalue weighted by atomic mass is 10.1. The molecule has 0 unspecified atom stereocenters. The first-order chi connectivity index (χ1) is 8.20. The molecule has 1 fully saturated rings. The molecule has 1 aromatic carbocycles. The van der Waals surface area contributed by atoms with Gasteiger partial charge in [0.2, 0.25) is 0 Å². The molecule has 5 heteroatoms. The number of ether oxygens (including phenoxy) is 1. The van der Waals surface area contributed by atoms with E-state index in [1.54, 1.807) is 6.07 Å². The van der Waals surface area contributed by atoms with Crippen molar-refractivity contribution in [1.82, 2.24) is 9.78 Å². The van der Waals surface area contributed by atoms with Crippen molar-refractivity contribution in [1.29, 1.82) is 0 Å². The van der Waals surface area contributed by atoms with Crippen LogP contribution in [0.1, 0.15) is 29.2 Å². The van der Waals surface area contributed by atoms with Gasteiger partial charge in [0, 0.05) is 5.39 Å². The normalized spacial score (nSPS) is 15.2. The summed E-state index contributed by atoms with van der Waals surface area (Å²) < 4.78 is 7.73. The molecule has 0 radical (unpaired) electrons. The van der Waals surface area contributed by atoms with Gasteiger partial charge in [-0.25, -0.2) is 4.79 Å². The summed E-state index contributed by atoms with van der Waals surface area (Å²) >= 11 is 2.21. The minimum Gasteiger partial charge on any atom is -0.465 e. The molecular formula is C12H11IN2O2. The maximum Gasteiger partial charge on any atom is 0.337 e. The Balaban J connectivity index is 2.16. The minimum absolute atomic E-state index is 0.304. The van der Waals surface area contributed by atoms with Crippen LogP contribution in [0.15, 0.2) is 18.2 Å². The number of hydrogen-bond donors (Lipinski definition) is 0. The Hall–Kier alpha value is -1.11. The van der Waals surface area contributed by atoms with Crippen LogP contribution in [-0.4, -0.2) is 22.9 Å². The zero-order chi connectivity index (χ0) is 12.0. The summed E-state index contributed by atoms with van der Waals surface area (Å²) in [5, 5.41) is 5.56. The van der Waals surface area contributed by atoms with Gasteiger partial charge in [-0.3, -0.25) is 4.68 Å². The summed E-state index contributed by atoms with van der Waals surface area (Å²) in [5.41, 5.74) is 1.68. The molecule has 1 heterocycles. The number of hydrogen-bond acceptors (Lipinski definition) is 3. The first kappa shape index (κ1) is 11.0. The molecule has 0 saturated heterocycles. The van der Waals surface area contributed by atoms with Gasteiger partial charge in [-0.1, -0.05) is 0 Å². The highest BCUT2D eigenvalue weighted by atomic mass is 127. The second-order valence-corrected chi connectivity index (χ2v) is 5.21. The van der Waals surface area contributed by atoms with Gasteiger partial charge in [0.25, 0.3) is 0 Å². The van der Waals surface area contributed by atoms with Crippen LogP contribution in [0.5, 0.6) is 0 Å². The Kier molecular flexibility index (Phi) is 2.57. The van der Waals surface area contributed by atoms with E-state index in [2.05, 4.69) is 32.4 Å². The number of carbonyl (C=O) groups excluding carboxylic acids is 1. The van der Waals surface area contributed by atoms with Crippen molar-refractivity contribution in [2.75, 3.05) is 7.11 Å². The number of methoxy groups -OCH3 is 1. The smallest absolute Gasteiger partial charge is 0.337 e. The lowest BCUT2D eigenvalue weighted by Gasteiger charge is -2.01. The second kappa shape index (κ2) is 3.97. The zero-order valence-electron chi connectivity index (χ0n) is 9.31. The Morgan fingerprint density at radius 3 is 2.94 bits per heavy atom. The van der Waals surface area contributed by atoms with E-state index in [1.807, 2.05) is 12.1 Å². The van der Waals surface area contributed by atoms with Crippen LogP contribution in [-0.2, 0) is 4.74 Å². The van der Waals surface area contributed by atoms with Gasteiger partial charge in [0.05, 0.1) is 24.2 Å². The number of benzene rings is 1. The van der Waals surface area contributed by atoms with Crippen LogP contribution in [0.2, 0.25) is 0 Å². The van der Waals surface area contributed by atoms with Crippen LogP contribution >= 0.6 is 22.6 Å². The number of halogens is 1. The summed E-state index contributed by atoms with van der Waals surface area (Å²) in [4.78, 5) is 11.5. The van der Waals surface area contributed by atoms with E-state index in [-0.39, 0.29) is 5.97 Å². The van der Waals surface area contributed by atoms with E-state index in [4.69, 9.17) is 4.74 Å². The van der Waals surface area contributed by atoms with E-state index in [1.165, 1.54) is 20.0 Å². The summed E-state index contributed by atoms with van der Waals surface area (Å²) in [6, 6.07) is 6.15. The Morgan fingerprint density at radius 2 is 2.29 bits per heavy atom. The average molecular weight is 342 g/mol.